The molecule has 0 aromatic heterocycles. The fraction of sp³-hybridized carbons (Fsp3) is 0.211. The fourth-order valence-corrected chi connectivity index (χ4v) is 2.02. The number of hydrazone groups is 1. The Morgan fingerprint density at radius 3 is 2.44 bits per heavy atom. The number of hydrogen-bond acceptors (Lipinski definition) is 6. The highest BCUT2D eigenvalue weighted by molar-refractivity contribution is 5.83. The normalized spacial score (nSPS) is 10.4. The van der Waals surface area contributed by atoms with Crippen LogP contribution < -0.4 is 25.5 Å². The zero-order chi connectivity index (χ0) is 19.6. The highest BCUT2D eigenvalue weighted by Crippen LogP contribution is 2.19. The van der Waals surface area contributed by atoms with Gasteiger partial charge in [0.25, 0.3) is 11.8 Å². The average Bonchev–Trinajstić information content (AvgIpc) is 2.66. The number of anilines is 1. The molecule has 0 radical (unpaired) electrons. The molecule has 0 spiro atoms. The van der Waals surface area contributed by atoms with E-state index < -0.39 is 5.91 Å². The molecule has 0 aliphatic carbocycles. The summed E-state index contributed by atoms with van der Waals surface area (Å²) in [4.78, 5) is 24.4. The Morgan fingerprint density at radius 2 is 1.78 bits per heavy atom. The monoisotopic (exact) mass is 370 g/mol. The number of nitrogens with two attached hydrogens (primary N) is 1. The molecule has 2 aromatic carbocycles. The summed E-state index contributed by atoms with van der Waals surface area (Å²) < 4.78 is 10.6. The molecule has 3 N–H and O–H groups in total. The number of primary amides is 1. The van der Waals surface area contributed by atoms with Crippen molar-refractivity contribution < 1.29 is 19.1 Å². The zero-order valence-corrected chi connectivity index (χ0v) is 15.2. The molecule has 0 aliphatic rings. The molecule has 0 saturated heterocycles. The van der Waals surface area contributed by atoms with Crippen molar-refractivity contribution in [3.63, 3.8) is 0 Å². The van der Waals surface area contributed by atoms with Gasteiger partial charge in [-0.1, -0.05) is 6.07 Å². The van der Waals surface area contributed by atoms with Gasteiger partial charge in [0.15, 0.2) is 13.2 Å². The van der Waals surface area contributed by atoms with Gasteiger partial charge in [0, 0.05) is 25.8 Å². The highest BCUT2D eigenvalue weighted by atomic mass is 16.5. The van der Waals surface area contributed by atoms with Crippen LogP contribution in [0, 0.1) is 0 Å². The molecule has 0 unspecified atom stereocenters. The first-order valence-electron chi connectivity index (χ1n) is 8.17. The third-order valence-corrected chi connectivity index (χ3v) is 3.37. The Kier molecular flexibility index (Phi) is 7.18. The first-order valence-corrected chi connectivity index (χ1v) is 8.17. The minimum absolute atomic E-state index is 0.145. The van der Waals surface area contributed by atoms with E-state index in [1.165, 1.54) is 6.21 Å². The van der Waals surface area contributed by atoms with Crippen molar-refractivity contribution in [1.29, 1.82) is 0 Å². The van der Waals surface area contributed by atoms with Crippen LogP contribution in [0.3, 0.4) is 0 Å². The number of amides is 2. The van der Waals surface area contributed by atoms with Crippen LogP contribution in [0.5, 0.6) is 11.5 Å². The van der Waals surface area contributed by atoms with Crippen molar-refractivity contribution in [3.05, 3.63) is 54.1 Å². The molecule has 142 valence electrons. The minimum Gasteiger partial charge on any atom is -0.484 e. The van der Waals surface area contributed by atoms with Gasteiger partial charge in [0.05, 0.1) is 6.21 Å². The molecule has 27 heavy (non-hydrogen) atoms. The Hall–Kier alpha value is -3.55. The van der Waals surface area contributed by atoms with E-state index in [4.69, 9.17) is 15.2 Å². The van der Waals surface area contributed by atoms with Crippen LogP contribution >= 0.6 is 0 Å². The molecular formula is C19H22N4O4. The molecule has 2 aromatic rings. The van der Waals surface area contributed by atoms with E-state index in [-0.39, 0.29) is 19.1 Å². The third-order valence-electron chi connectivity index (χ3n) is 3.37. The first kappa shape index (κ1) is 19.8. The van der Waals surface area contributed by atoms with Gasteiger partial charge in [-0.05, 0) is 42.0 Å². The molecule has 0 heterocycles. The van der Waals surface area contributed by atoms with Crippen molar-refractivity contribution in [2.24, 2.45) is 10.8 Å². The van der Waals surface area contributed by atoms with Crippen molar-refractivity contribution in [2.45, 2.75) is 0 Å². The Labute approximate surface area is 157 Å². The lowest BCUT2D eigenvalue weighted by molar-refractivity contribution is -0.123. The Bertz CT molecular complexity index is 804. The van der Waals surface area contributed by atoms with Gasteiger partial charge in [-0.3, -0.25) is 9.59 Å². The maximum atomic E-state index is 11.8. The van der Waals surface area contributed by atoms with Crippen molar-refractivity contribution in [1.82, 2.24) is 5.43 Å². The van der Waals surface area contributed by atoms with E-state index in [1.54, 1.807) is 30.3 Å². The van der Waals surface area contributed by atoms with Gasteiger partial charge in [0.2, 0.25) is 0 Å². The summed E-state index contributed by atoms with van der Waals surface area (Å²) in [6, 6.07) is 14.2. The van der Waals surface area contributed by atoms with Crippen molar-refractivity contribution in [2.75, 3.05) is 32.2 Å². The number of rotatable bonds is 9. The standard InChI is InChI=1S/C19H22N4O4/c1-23(2)15-4-3-5-17(10-15)27-13-19(25)22-21-11-14-6-8-16(9-7-14)26-12-18(20)24/h3-11H,12-13H2,1-2H3,(H2,20,24)(H,22,25)/b21-11+. The fourth-order valence-electron chi connectivity index (χ4n) is 2.02. The van der Waals surface area contributed by atoms with Gasteiger partial charge in [-0.15, -0.1) is 0 Å². The summed E-state index contributed by atoms with van der Waals surface area (Å²) in [5.41, 5.74) is 9.14. The quantitative estimate of drug-likeness (QED) is 0.509. The topological polar surface area (TPSA) is 106 Å². The highest BCUT2D eigenvalue weighted by Gasteiger charge is 2.03. The van der Waals surface area contributed by atoms with Crippen LogP contribution in [0.1, 0.15) is 5.56 Å². The van der Waals surface area contributed by atoms with Crippen molar-refractivity contribution >= 4 is 23.7 Å². The van der Waals surface area contributed by atoms with Crippen LogP contribution in [0.2, 0.25) is 0 Å². The first-order chi connectivity index (χ1) is 12.9. The second-order valence-corrected chi connectivity index (χ2v) is 5.80. The van der Waals surface area contributed by atoms with E-state index in [9.17, 15) is 9.59 Å². The molecule has 2 amide bonds. The second kappa shape index (κ2) is 9.81. The Balaban J connectivity index is 1.78. The maximum Gasteiger partial charge on any atom is 0.277 e. The number of nitrogens with zero attached hydrogens (tertiary/aromatic N) is 2. The third kappa shape index (κ3) is 7.07. The van der Waals surface area contributed by atoms with Crippen LogP contribution in [0.25, 0.3) is 0 Å². The van der Waals surface area contributed by atoms with Crippen LogP contribution in [-0.4, -0.2) is 45.3 Å². The summed E-state index contributed by atoms with van der Waals surface area (Å²) in [7, 11) is 3.86. The summed E-state index contributed by atoms with van der Waals surface area (Å²) in [5, 5.41) is 3.88. The van der Waals surface area contributed by atoms with Gasteiger partial charge < -0.3 is 20.1 Å². The summed E-state index contributed by atoms with van der Waals surface area (Å²) in [5.74, 6) is 0.206. The number of ether oxygens (including phenoxy) is 2. The molecule has 2 rings (SSSR count). The summed E-state index contributed by atoms with van der Waals surface area (Å²) in [6.07, 6.45) is 1.49. The lowest BCUT2D eigenvalue weighted by atomic mass is 10.2. The average molecular weight is 370 g/mol. The zero-order valence-electron chi connectivity index (χ0n) is 15.2. The van der Waals surface area contributed by atoms with Crippen LogP contribution in [-0.2, 0) is 9.59 Å². The van der Waals surface area contributed by atoms with E-state index in [2.05, 4.69) is 10.5 Å². The molecule has 0 fully saturated rings. The van der Waals surface area contributed by atoms with Gasteiger partial charge in [0.1, 0.15) is 11.5 Å². The minimum atomic E-state index is -0.543. The van der Waals surface area contributed by atoms with E-state index in [1.807, 2.05) is 37.2 Å². The lowest BCUT2D eigenvalue weighted by Gasteiger charge is -2.13. The molecule has 0 atom stereocenters. The number of carbonyl (C=O) groups excluding carboxylic acids is 2. The van der Waals surface area contributed by atoms with Gasteiger partial charge in [-0.25, -0.2) is 5.43 Å². The predicted molar refractivity (Wildman–Crippen MR) is 103 cm³/mol. The molecule has 8 nitrogen and oxygen atoms in total. The van der Waals surface area contributed by atoms with E-state index >= 15 is 0 Å². The van der Waals surface area contributed by atoms with Crippen LogP contribution in [0.4, 0.5) is 5.69 Å². The molecular weight excluding hydrogens is 348 g/mol. The number of hydrogen-bond donors (Lipinski definition) is 2. The SMILES string of the molecule is CN(C)c1cccc(OCC(=O)N/N=C/c2ccc(OCC(N)=O)cc2)c1. The molecule has 0 aliphatic heterocycles. The number of benzene rings is 2. The molecule has 8 heteroatoms. The maximum absolute atomic E-state index is 11.8. The van der Waals surface area contributed by atoms with E-state index in [0.29, 0.717) is 11.5 Å². The largest absolute Gasteiger partial charge is 0.484 e. The van der Waals surface area contributed by atoms with E-state index in [0.717, 1.165) is 11.3 Å². The van der Waals surface area contributed by atoms with Crippen LogP contribution in [0.15, 0.2) is 53.6 Å². The van der Waals surface area contributed by atoms with Gasteiger partial charge in [-0.2, -0.15) is 5.10 Å². The number of carbonyl (C=O) groups is 2. The smallest absolute Gasteiger partial charge is 0.277 e. The predicted octanol–water partition coefficient (Wildman–Crippen LogP) is 1.15. The van der Waals surface area contributed by atoms with Crippen molar-refractivity contribution in [3.8, 4) is 11.5 Å². The summed E-state index contributed by atoms with van der Waals surface area (Å²) in [6.45, 7) is -0.324. The summed E-state index contributed by atoms with van der Waals surface area (Å²) >= 11 is 0. The lowest BCUT2D eigenvalue weighted by Crippen LogP contribution is -2.24. The second-order valence-electron chi connectivity index (χ2n) is 5.80. The Morgan fingerprint density at radius 1 is 1.07 bits per heavy atom. The van der Waals surface area contributed by atoms with Gasteiger partial charge >= 0.3 is 0 Å². The molecule has 0 bridgehead atoms. The number of nitrogens with one attached hydrogen (secondary N) is 1. The molecule has 0 saturated carbocycles.